The van der Waals surface area contributed by atoms with Crippen LogP contribution in [0.4, 0.5) is 8.78 Å². The van der Waals surface area contributed by atoms with Gasteiger partial charge in [-0.15, -0.1) is 0 Å². The van der Waals surface area contributed by atoms with Crippen molar-refractivity contribution in [2.24, 2.45) is 0 Å². The average Bonchev–Trinajstić information content (AvgIpc) is 2.70. The van der Waals surface area contributed by atoms with Crippen LogP contribution in [0.2, 0.25) is 15.1 Å². The summed E-state index contributed by atoms with van der Waals surface area (Å²) in [5.74, 6) is -1.11. The van der Waals surface area contributed by atoms with Crippen LogP contribution in [0.3, 0.4) is 0 Å². The molecule has 0 radical (unpaired) electrons. The van der Waals surface area contributed by atoms with Crippen LogP contribution in [-0.4, -0.2) is 32.2 Å². The highest BCUT2D eigenvalue weighted by molar-refractivity contribution is 7.89. The maximum Gasteiger partial charge on any atom is 0.387 e. The number of ether oxygens (including phenoxy) is 2. The van der Waals surface area contributed by atoms with Crippen molar-refractivity contribution in [1.29, 1.82) is 0 Å². The lowest BCUT2D eigenvalue weighted by atomic mass is 10.0. The van der Waals surface area contributed by atoms with Gasteiger partial charge in [-0.3, -0.25) is 4.79 Å². The van der Waals surface area contributed by atoms with E-state index in [4.69, 9.17) is 39.5 Å². The predicted octanol–water partition coefficient (Wildman–Crippen LogP) is 6.10. The van der Waals surface area contributed by atoms with E-state index in [1.54, 1.807) is 17.7 Å². The van der Waals surface area contributed by atoms with Crippen LogP contribution in [0.5, 0.6) is 17.4 Å². The van der Waals surface area contributed by atoms with Crippen LogP contribution in [-0.2, 0) is 10.0 Å². The number of carbonyl (C=O) groups excluding carboxylic acids is 1. The van der Waals surface area contributed by atoms with E-state index in [0.717, 1.165) is 12.3 Å². The molecular formula is C21H15Cl3F2N2O5S. The summed E-state index contributed by atoms with van der Waals surface area (Å²) in [4.78, 5) is 16.2. The lowest BCUT2D eigenvalue weighted by Gasteiger charge is -2.14. The highest BCUT2D eigenvalue weighted by Gasteiger charge is 2.19. The smallest absolute Gasteiger partial charge is 0.387 e. The minimum Gasteiger partial charge on any atom is -0.436 e. The molecule has 2 aromatic carbocycles. The van der Waals surface area contributed by atoms with Gasteiger partial charge in [0.15, 0.2) is 5.75 Å². The van der Waals surface area contributed by atoms with Gasteiger partial charge in [-0.25, -0.2) is 18.1 Å². The first-order valence-corrected chi connectivity index (χ1v) is 12.3. The van der Waals surface area contributed by atoms with Crippen molar-refractivity contribution in [1.82, 2.24) is 9.71 Å². The fourth-order valence-corrected chi connectivity index (χ4v) is 4.18. The molecule has 0 atom stereocenters. The Hall–Kier alpha value is -2.66. The monoisotopic (exact) mass is 550 g/mol. The molecular weight excluding hydrogens is 537 g/mol. The highest BCUT2D eigenvalue weighted by Crippen LogP contribution is 2.39. The molecule has 0 aliphatic heterocycles. The molecule has 0 aliphatic carbocycles. The van der Waals surface area contributed by atoms with Crippen molar-refractivity contribution in [2.75, 3.05) is 6.26 Å². The molecule has 0 saturated carbocycles. The second-order valence-corrected chi connectivity index (χ2v) is 9.94. The van der Waals surface area contributed by atoms with E-state index in [1.807, 2.05) is 0 Å². The molecule has 0 unspecified atom stereocenters. The van der Waals surface area contributed by atoms with Gasteiger partial charge in [0.25, 0.3) is 5.91 Å². The number of rotatable bonds is 7. The average molecular weight is 552 g/mol. The van der Waals surface area contributed by atoms with E-state index < -0.39 is 22.5 Å². The summed E-state index contributed by atoms with van der Waals surface area (Å²) >= 11 is 18.4. The van der Waals surface area contributed by atoms with Crippen molar-refractivity contribution < 1.29 is 31.5 Å². The van der Waals surface area contributed by atoms with Gasteiger partial charge in [0.2, 0.25) is 15.9 Å². The number of aromatic nitrogens is 1. The Morgan fingerprint density at radius 2 is 1.79 bits per heavy atom. The molecule has 1 heterocycles. The van der Waals surface area contributed by atoms with Crippen molar-refractivity contribution in [3.63, 3.8) is 0 Å². The number of halogens is 5. The summed E-state index contributed by atoms with van der Waals surface area (Å²) in [6.07, 6.45) is 2.08. The number of hydrogen-bond donors (Lipinski definition) is 1. The van der Waals surface area contributed by atoms with Gasteiger partial charge < -0.3 is 9.47 Å². The number of aryl methyl sites for hydroxylation is 1. The van der Waals surface area contributed by atoms with E-state index >= 15 is 0 Å². The molecule has 0 spiro atoms. The third-order valence-electron chi connectivity index (χ3n) is 4.25. The SMILES string of the molecule is Cc1cc(Cl)cc(Cl)c1Oc1ncc(-c2ccc(C(=O)NS(C)(=O)=O)cc2OC(F)F)cc1Cl. The van der Waals surface area contributed by atoms with Gasteiger partial charge in [0.1, 0.15) is 10.8 Å². The van der Waals surface area contributed by atoms with Gasteiger partial charge in [-0.05, 0) is 48.9 Å². The van der Waals surface area contributed by atoms with Gasteiger partial charge in [-0.1, -0.05) is 34.8 Å². The first kappa shape index (κ1) is 26.0. The van der Waals surface area contributed by atoms with E-state index in [0.29, 0.717) is 10.6 Å². The summed E-state index contributed by atoms with van der Waals surface area (Å²) in [5.41, 5.74) is 0.812. The number of hydrogen-bond acceptors (Lipinski definition) is 6. The molecule has 13 heteroatoms. The first-order valence-electron chi connectivity index (χ1n) is 9.24. The number of sulfonamides is 1. The van der Waals surface area contributed by atoms with E-state index in [1.165, 1.54) is 30.5 Å². The molecule has 34 heavy (non-hydrogen) atoms. The Morgan fingerprint density at radius 1 is 1.09 bits per heavy atom. The number of carbonyl (C=O) groups is 1. The quantitative estimate of drug-likeness (QED) is 0.381. The zero-order chi connectivity index (χ0) is 25.2. The topological polar surface area (TPSA) is 94.6 Å². The highest BCUT2D eigenvalue weighted by atomic mass is 35.5. The zero-order valence-corrected chi connectivity index (χ0v) is 20.5. The fraction of sp³-hybridized carbons (Fsp3) is 0.143. The second kappa shape index (κ2) is 10.3. The van der Waals surface area contributed by atoms with Crippen LogP contribution in [0.1, 0.15) is 15.9 Å². The standard InChI is InChI=1S/C21H15Cl3F2N2O5S/c1-10-5-13(22)8-15(23)18(10)33-20-16(24)6-12(9-27-20)14-4-3-11(7-17(14)32-21(25)26)19(29)28-34(2,30)31/h3-9,21H,1-2H3,(H,28,29). The minimum absolute atomic E-state index is 0.00165. The van der Waals surface area contributed by atoms with Gasteiger partial charge in [-0.2, -0.15) is 8.78 Å². The molecule has 1 N–H and O–H groups in total. The lowest BCUT2D eigenvalue weighted by Crippen LogP contribution is -2.29. The Morgan fingerprint density at radius 3 is 2.38 bits per heavy atom. The Kier molecular flexibility index (Phi) is 7.87. The third-order valence-corrected chi connectivity index (χ3v) is 5.58. The number of amides is 1. The Balaban J connectivity index is 1.97. The van der Waals surface area contributed by atoms with Crippen LogP contribution in [0.15, 0.2) is 42.6 Å². The predicted molar refractivity (Wildman–Crippen MR) is 125 cm³/mol. The van der Waals surface area contributed by atoms with Crippen molar-refractivity contribution >= 4 is 50.7 Å². The maximum atomic E-state index is 13.0. The fourth-order valence-electron chi connectivity index (χ4n) is 2.89. The normalized spacial score (nSPS) is 11.4. The van der Waals surface area contributed by atoms with Gasteiger partial charge in [0.05, 0.1) is 11.3 Å². The largest absolute Gasteiger partial charge is 0.436 e. The summed E-state index contributed by atoms with van der Waals surface area (Å²) in [5, 5.41) is 0.691. The minimum atomic E-state index is -3.86. The summed E-state index contributed by atoms with van der Waals surface area (Å²) in [7, 11) is -3.86. The van der Waals surface area contributed by atoms with E-state index in [2.05, 4.69) is 9.72 Å². The zero-order valence-electron chi connectivity index (χ0n) is 17.4. The van der Waals surface area contributed by atoms with Crippen LogP contribution in [0, 0.1) is 6.92 Å². The maximum absolute atomic E-state index is 13.0. The number of pyridine rings is 1. The molecule has 0 fully saturated rings. The molecule has 3 rings (SSSR count). The molecule has 1 amide bonds. The third kappa shape index (κ3) is 6.47. The molecule has 0 bridgehead atoms. The number of nitrogens with zero attached hydrogens (tertiary/aromatic N) is 1. The number of nitrogens with one attached hydrogen (secondary N) is 1. The molecule has 180 valence electrons. The molecule has 0 aliphatic rings. The molecule has 7 nitrogen and oxygen atoms in total. The first-order chi connectivity index (χ1) is 15.8. The van der Waals surface area contributed by atoms with Crippen molar-refractivity contribution in [2.45, 2.75) is 13.5 Å². The summed E-state index contributed by atoms with van der Waals surface area (Å²) < 4.78 is 60.6. The molecule has 1 aromatic heterocycles. The Labute approximate surface area is 208 Å². The van der Waals surface area contributed by atoms with E-state index in [9.17, 15) is 22.0 Å². The van der Waals surface area contributed by atoms with Crippen molar-refractivity contribution in [3.05, 3.63) is 68.8 Å². The lowest BCUT2D eigenvalue weighted by molar-refractivity contribution is -0.0495. The van der Waals surface area contributed by atoms with Gasteiger partial charge in [0, 0.05) is 27.9 Å². The summed E-state index contributed by atoms with van der Waals surface area (Å²) in [6, 6.07) is 8.04. The van der Waals surface area contributed by atoms with E-state index in [-0.39, 0.29) is 44.1 Å². The van der Waals surface area contributed by atoms with Crippen LogP contribution in [0.25, 0.3) is 11.1 Å². The number of benzene rings is 2. The molecule has 3 aromatic rings. The van der Waals surface area contributed by atoms with Crippen LogP contribution >= 0.6 is 34.8 Å². The van der Waals surface area contributed by atoms with Crippen LogP contribution < -0.4 is 14.2 Å². The number of alkyl halides is 2. The second-order valence-electron chi connectivity index (χ2n) is 6.94. The Bertz CT molecular complexity index is 1350. The summed E-state index contributed by atoms with van der Waals surface area (Å²) in [6.45, 7) is -1.49. The molecule has 0 saturated heterocycles. The van der Waals surface area contributed by atoms with Gasteiger partial charge >= 0.3 is 6.61 Å². The van der Waals surface area contributed by atoms with Crippen molar-refractivity contribution in [3.8, 4) is 28.5 Å².